The molecule has 12 heteroatoms. The van der Waals surface area contributed by atoms with E-state index in [1.807, 2.05) is 11.6 Å². The van der Waals surface area contributed by atoms with Crippen LogP contribution in [0.15, 0.2) is 5.16 Å². The number of nitrogens with one attached hydrogen (secondary N) is 1. The maximum absolute atomic E-state index is 12.8. The molecule has 31 heavy (non-hydrogen) atoms. The first-order valence-corrected chi connectivity index (χ1v) is 13.7. The van der Waals surface area contributed by atoms with Crippen LogP contribution in [0.3, 0.4) is 0 Å². The van der Waals surface area contributed by atoms with Crippen LogP contribution in [0.1, 0.15) is 46.4 Å². The van der Waals surface area contributed by atoms with Crippen molar-refractivity contribution in [3.05, 3.63) is 21.8 Å². The van der Waals surface area contributed by atoms with Crippen molar-refractivity contribution in [1.82, 2.24) is 14.8 Å². The van der Waals surface area contributed by atoms with E-state index < -0.39 is 21.0 Å². The SMILES string of the molecule is CC(Sc1nnc(CC2CCS(=O)(=O)C2)n1C)C(=O)Nc1sc2c(c1C(N)=O)CCC2. The summed E-state index contributed by atoms with van der Waals surface area (Å²) in [6.45, 7) is 1.77. The highest BCUT2D eigenvalue weighted by Gasteiger charge is 2.30. The van der Waals surface area contributed by atoms with Gasteiger partial charge in [-0.1, -0.05) is 11.8 Å². The van der Waals surface area contributed by atoms with E-state index in [4.69, 9.17) is 5.73 Å². The number of carbonyl (C=O) groups excluding carboxylic acids is 2. The Balaban J connectivity index is 1.41. The molecule has 1 saturated heterocycles. The summed E-state index contributed by atoms with van der Waals surface area (Å²) >= 11 is 2.70. The minimum atomic E-state index is -2.94. The number of rotatable bonds is 7. The van der Waals surface area contributed by atoms with Gasteiger partial charge in [0.1, 0.15) is 10.8 Å². The molecular formula is C19H25N5O4S3. The molecule has 2 atom stereocenters. The summed E-state index contributed by atoms with van der Waals surface area (Å²) in [4.78, 5) is 25.8. The predicted molar refractivity (Wildman–Crippen MR) is 120 cm³/mol. The van der Waals surface area contributed by atoms with Crippen molar-refractivity contribution in [2.75, 3.05) is 16.8 Å². The van der Waals surface area contributed by atoms with Gasteiger partial charge in [0, 0.05) is 18.3 Å². The first-order chi connectivity index (χ1) is 14.6. The van der Waals surface area contributed by atoms with Crippen LogP contribution in [-0.2, 0) is 40.9 Å². The van der Waals surface area contributed by atoms with Crippen molar-refractivity contribution in [2.24, 2.45) is 18.7 Å². The molecule has 1 aliphatic heterocycles. The third kappa shape index (κ3) is 4.65. The summed E-state index contributed by atoms with van der Waals surface area (Å²) < 4.78 is 25.2. The number of hydrogen-bond acceptors (Lipinski definition) is 8. The Bertz CT molecular complexity index is 1140. The first kappa shape index (κ1) is 22.3. The monoisotopic (exact) mass is 483 g/mol. The lowest BCUT2D eigenvalue weighted by Gasteiger charge is -2.12. The van der Waals surface area contributed by atoms with Crippen LogP contribution in [-0.4, -0.2) is 51.8 Å². The predicted octanol–water partition coefficient (Wildman–Crippen LogP) is 1.56. The van der Waals surface area contributed by atoms with Gasteiger partial charge in [0.2, 0.25) is 5.91 Å². The number of aryl methyl sites for hydroxylation is 1. The van der Waals surface area contributed by atoms with E-state index in [1.165, 1.54) is 23.1 Å². The number of anilines is 1. The summed E-state index contributed by atoms with van der Waals surface area (Å²) in [6, 6.07) is 0. The van der Waals surface area contributed by atoms with E-state index in [1.54, 1.807) is 6.92 Å². The average Bonchev–Trinajstić information content (AvgIpc) is 3.42. The number of thioether (sulfide) groups is 1. The van der Waals surface area contributed by atoms with Crippen LogP contribution in [0.2, 0.25) is 0 Å². The Kier molecular flexibility index (Phi) is 6.14. The second-order valence-corrected chi connectivity index (χ2v) is 12.7. The lowest BCUT2D eigenvalue weighted by molar-refractivity contribution is -0.115. The largest absolute Gasteiger partial charge is 0.365 e. The fourth-order valence-corrected chi connectivity index (χ4v) is 8.09. The molecule has 2 amide bonds. The van der Waals surface area contributed by atoms with E-state index in [-0.39, 0.29) is 23.3 Å². The van der Waals surface area contributed by atoms with E-state index in [0.717, 1.165) is 29.7 Å². The van der Waals surface area contributed by atoms with E-state index in [0.29, 0.717) is 34.4 Å². The summed E-state index contributed by atoms with van der Waals surface area (Å²) in [5.74, 6) is 0.435. The normalized spacial score (nSPS) is 20.5. The highest BCUT2D eigenvalue weighted by atomic mass is 32.2. The number of primary amides is 1. The maximum atomic E-state index is 12.8. The quantitative estimate of drug-likeness (QED) is 0.570. The van der Waals surface area contributed by atoms with E-state index >= 15 is 0 Å². The zero-order chi connectivity index (χ0) is 22.3. The molecule has 3 N–H and O–H groups in total. The van der Waals surface area contributed by atoms with Crippen molar-refractivity contribution in [2.45, 2.75) is 49.4 Å². The summed E-state index contributed by atoms with van der Waals surface area (Å²) in [5.41, 5.74) is 6.98. The highest BCUT2D eigenvalue weighted by Crippen LogP contribution is 2.39. The Labute approximate surface area is 189 Å². The molecule has 168 valence electrons. The van der Waals surface area contributed by atoms with Crippen LogP contribution < -0.4 is 11.1 Å². The molecule has 0 radical (unpaired) electrons. The molecule has 3 heterocycles. The van der Waals surface area contributed by atoms with Gasteiger partial charge >= 0.3 is 0 Å². The molecule has 2 aliphatic rings. The maximum Gasteiger partial charge on any atom is 0.251 e. The van der Waals surface area contributed by atoms with E-state index in [9.17, 15) is 18.0 Å². The second kappa shape index (κ2) is 8.55. The zero-order valence-corrected chi connectivity index (χ0v) is 19.8. The van der Waals surface area contributed by atoms with Gasteiger partial charge in [0.25, 0.3) is 5.91 Å². The minimum absolute atomic E-state index is 0.0551. The minimum Gasteiger partial charge on any atom is -0.365 e. The first-order valence-electron chi connectivity index (χ1n) is 10.1. The molecule has 1 aliphatic carbocycles. The molecule has 1 fully saturated rings. The van der Waals surface area contributed by atoms with E-state index in [2.05, 4.69) is 15.5 Å². The molecule has 9 nitrogen and oxygen atoms in total. The Morgan fingerprint density at radius 3 is 2.81 bits per heavy atom. The second-order valence-electron chi connectivity index (χ2n) is 8.11. The van der Waals surface area contributed by atoms with Gasteiger partial charge in [-0.25, -0.2) is 8.42 Å². The third-order valence-corrected chi connectivity index (χ3v) is 9.96. The number of nitrogens with two attached hydrogens (primary N) is 1. The molecule has 2 aromatic heterocycles. The number of hydrogen-bond donors (Lipinski definition) is 2. The smallest absolute Gasteiger partial charge is 0.251 e. The van der Waals surface area contributed by atoms with Crippen LogP contribution in [0.4, 0.5) is 5.00 Å². The molecule has 0 saturated carbocycles. The van der Waals surface area contributed by atoms with Crippen LogP contribution in [0.25, 0.3) is 0 Å². The number of nitrogens with zero attached hydrogens (tertiary/aromatic N) is 3. The Morgan fingerprint density at radius 2 is 2.13 bits per heavy atom. The molecule has 0 bridgehead atoms. The molecule has 0 spiro atoms. The van der Waals surface area contributed by atoms with Crippen molar-refractivity contribution in [3.63, 3.8) is 0 Å². The third-order valence-electron chi connectivity index (χ3n) is 5.78. The number of thiophene rings is 1. The van der Waals surface area contributed by atoms with Gasteiger partial charge < -0.3 is 15.6 Å². The molecule has 4 rings (SSSR count). The number of fused-ring (bicyclic) bond motifs is 1. The van der Waals surface area contributed by atoms with Crippen LogP contribution in [0, 0.1) is 5.92 Å². The Hall–Kier alpha value is -1.92. The fourth-order valence-electron chi connectivity index (χ4n) is 4.09. The summed E-state index contributed by atoms with van der Waals surface area (Å²) in [6.07, 6.45) is 3.91. The lowest BCUT2D eigenvalue weighted by Crippen LogP contribution is -2.24. The number of sulfone groups is 1. The van der Waals surface area contributed by atoms with Crippen molar-refractivity contribution in [1.29, 1.82) is 0 Å². The van der Waals surface area contributed by atoms with Crippen LogP contribution >= 0.6 is 23.1 Å². The zero-order valence-electron chi connectivity index (χ0n) is 17.4. The van der Waals surface area contributed by atoms with Crippen molar-refractivity contribution < 1.29 is 18.0 Å². The highest BCUT2D eigenvalue weighted by molar-refractivity contribution is 8.00. The summed E-state index contributed by atoms with van der Waals surface area (Å²) in [5, 5.41) is 11.9. The fraction of sp³-hybridized carbons (Fsp3) is 0.579. The van der Waals surface area contributed by atoms with Gasteiger partial charge in [0.15, 0.2) is 15.0 Å². The standard InChI is InChI=1S/C19H25N5O4S3/c1-10(17(26)21-18-15(16(20)25)12-4-3-5-13(12)30-18)29-19-23-22-14(24(19)2)8-11-6-7-31(27,28)9-11/h10-11H,3-9H2,1-2H3,(H2,20,25)(H,21,26). The lowest BCUT2D eigenvalue weighted by atomic mass is 10.1. The van der Waals surface area contributed by atoms with Gasteiger partial charge in [-0.3, -0.25) is 9.59 Å². The number of amides is 2. The van der Waals surface area contributed by atoms with Crippen molar-refractivity contribution in [3.8, 4) is 0 Å². The molecule has 0 aromatic carbocycles. The molecule has 2 unspecified atom stereocenters. The van der Waals surface area contributed by atoms with Gasteiger partial charge in [-0.2, -0.15) is 0 Å². The summed E-state index contributed by atoms with van der Waals surface area (Å²) in [7, 11) is -1.12. The van der Waals surface area contributed by atoms with Crippen LogP contribution in [0.5, 0.6) is 0 Å². The van der Waals surface area contributed by atoms with Crippen molar-refractivity contribution >= 4 is 49.8 Å². The number of carbonyl (C=O) groups is 2. The molecule has 2 aromatic rings. The van der Waals surface area contributed by atoms with Gasteiger partial charge in [0.05, 0.1) is 22.3 Å². The molecular weight excluding hydrogens is 458 g/mol. The average molecular weight is 484 g/mol. The topological polar surface area (TPSA) is 137 Å². The number of aromatic nitrogens is 3. The van der Waals surface area contributed by atoms with Gasteiger partial charge in [-0.05, 0) is 44.1 Å². The Morgan fingerprint density at radius 1 is 1.35 bits per heavy atom. The van der Waals surface area contributed by atoms with Gasteiger partial charge in [-0.15, -0.1) is 21.5 Å².